The molecular formula is C16H15Cl2NO5S. The van der Waals surface area contributed by atoms with Gasteiger partial charge in [0, 0.05) is 5.02 Å². The van der Waals surface area contributed by atoms with E-state index >= 15 is 0 Å². The smallest absolute Gasteiger partial charge is 0.326 e. The zero-order valence-electron chi connectivity index (χ0n) is 13.4. The molecule has 0 heterocycles. The van der Waals surface area contributed by atoms with E-state index in [0.29, 0.717) is 10.8 Å². The van der Waals surface area contributed by atoms with Crippen molar-refractivity contribution in [1.29, 1.82) is 0 Å². The van der Waals surface area contributed by atoms with Gasteiger partial charge in [0.1, 0.15) is 12.3 Å². The molecule has 2 aromatic rings. The Morgan fingerprint density at radius 2 is 1.72 bits per heavy atom. The molecule has 0 saturated heterocycles. The highest BCUT2D eigenvalue weighted by Crippen LogP contribution is 2.30. The molecule has 25 heavy (non-hydrogen) atoms. The maximum Gasteiger partial charge on any atom is 0.326 e. The maximum atomic E-state index is 13.0. The molecule has 0 aliphatic heterocycles. The number of benzene rings is 2. The van der Waals surface area contributed by atoms with Crippen LogP contribution < -0.4 is 9.04 Å². The van der Waals surface area contributed by atoms with Gasteiger partial charge in [0.05, 0.1) is 29.8 Å². The number of nitrogens with zero attached hydrogens (tertiary/aromatic N) is 1. The van der Waals surface area contributed by atoms with E-state index in [-0.39, 0.29) is 15.6 Å². The molecule has 0 fully saturated rings. The summed E-state index contributed by atoms with van der Waals surface area (Å²) in [6, 6.07) is 10.1. The molecule has 9 heteroatoms. The first-order chi connectivity index (χ1) is 11.8. The second kappa shape index (κ2) is 7.95. The van der Waals surface area contributed by atoms with Gasteiger partial charge in [-0.2, -0.15) is 0 Å². The second-order valence-electron chi connectivity index (χ2n) is 4.86. The van der Waals surface area contributed by atoms with Gasteiger partial charge in [0.15, 0.2) is 0 Å². The van der Waals surface area contributed by atoms with Crippen LogP contribution >= 0.6 is 23.2 Å². The largest absolute Gasteiger partial charge is 0.495 e. The zero-order chi connectivity index (χ0) is 18.6. The number of sulfonamides is 1. The minimum absolute atomic E-state index is 0.0860. The molecule has 0 atom stereocenters. The molecular weight excluding hydrogens is 389 g/mol. The standard InChI is InChI=1S/C16H15Cl2NO5S/c1-23-15-8-7-13(9-14(15)18)25(21,22)19(10-16(20)24-2)12-5-3-11(17)4-6-12/h3-9H,10H2,1-2H3. The summed E-state index contributed by atoms with van der Waals surface area (Å²) in [6.45, 7) is -0.496. The summed E-state index contributed by atoms with van der Waals surface area (Å²) >= 11 is 11.9. The monoisotopic (exact) mass is 403 g/mol. The number of hydrogen-bond acceptors (Lipinski definition) is 5. The normalized spacial score (nSPS) is 11.0. The van der Waals surface area contributed by atoms with Crippen LogP contribution in [0.25, 0.3) is 0 Å². The Labute approximate surface area is 155 Å². The quantitative estimate of drug-likeness (QED) is 0.691. The molecule has 6 nitrogen and oxygen atoms in total. The number of anilines is 1. The van der Waals surface area contributed by atoms with E-state index in [1.807, 2.05) is 0 Å². The molecule has 0 saturated carbocycles. The van der Waals surface area contributed by atoms with E-state index < -0.39 is 22.5 Å². The summed E-state index contributed by atoms with van der Waals surface area (Å²) in [5.41, 5.74) is 0.266. The van der Waals surface area contributed by atoms with Crippen LogP contribution in [0.4, 0.5) is 5.69 Å². The Kier molecular flexibility index (Phi) is 6.16. The Hall–Kier alpha value is -1.96. The molecule has 0 aromatic heterocycles. The van der Waals surface area contributed by atoms with Crippen molar-refractivity contribution in [2.24, 2.45) is 0 Å². The second-order valence-corrected chi connectivity index (χ2v) is 7.57. The number of methoxy groups -OCH3 is 2. The van der Waals surface area contributed by atoms with Crippen molar-refractivity contribution in [3.05, 3.63) is 52.5 Å². The maximum absolute atomic E-state index is 13.0. The fourth-order valence-electron chi connectivity index (χ4n) is 2.04. The average molecular weight is 404 g/mol. The summed E-state index contributed by atoms with van der Waals surface area (Å²) in [6.07, 6.45) is 0. The minimum atomic E-state index is -4.07. The molecule has 2 aromatic carbocycles. The Balaban J connectivity index is 2.52. The van der Waals surface area contributed by atoms with Crippen molar-refractivity contribution in [1.82, 2.24) is 0 Å². The van der Waals surface area contributed by atoms with Crippen LogP contribution in [0, 0.1) is 0 Å². The first kappa shape index (κ1) is 19.4. The van der Waals surface area contributed by atoms with E-state index in [0.717, 1.165) is 4.31 Å². The van der Waals surface area contributed by atoms with E-state index in [4.69, 9.17) is 27.9 Å². The van der Waals surface area contributed by atoms with Gasteiger partial charge < -0.3 is 9.47 Å². The topological polar surface area (TPSA) is 72.9 Å². The van der Waals surface area contributed by atoms with Crippen LogP contribution in [0.3, 0.4) is 0 Å². The summed E-state index contributed by atoms with van der Waals surface area (Å²) in [5.74, 6) is -0.371. The Bertz CT molecular complexity index is 869. The lowest BCUT2D eigenvalue weighted by Crippen LogP contribution is -2.36. The van der Waals surface area contributed by atoms with Crippen LogP contribution in [-0.2, 0) is 19.6 Å². The first-order valence-corrected chi connectivity index (χ1v) is 9.18. The van der Waals surface area contributed by atoms with Gasteiger partial charge in [-0.15, -0.1) is 0 Å². The van der Waals surface area contributed by atoms with Crippen molar-refractivity contribution in [2.75, 3.05) is 25.1 Å². The molecule has 0 unspecified atom stereocenters. The molecule has 0 bridgehead atoms. The van der Waals surface area contributed by atoms with Gasteiger partial charge in [0.2, 0.25) is 0 Å². The Morgan fingerprint density at radius 1 is 1.08 bits per heavy atom. The summed E-state index contributed by atoms with van der Waals surface area (Å²) in [7, 11) is -1.47. The van der Waals surface area contributed by atoms with Crippen molar-refractivity contribution in [3.8, 4) is 5.75 Å². The molecule has 0 spiro atoms. The predicted molar refractivity (Wildman–Crippen MR) is 96.0 cm³/mol. The van der Waals surface area contributed by atoms with Gasteiger partial charge in [-0.3, -0.25) is 9.10 Å². The summed E-state index contributed by atoms with van der Waals surface area (Å²) in [5, 5.41) is 0.573. The zero-order valence-corrected chi connectivity index (χ0v) is 15.7. The number of esters is 1. The van der Waals surface area contributed by atoms with Crippen molar-refractivity contribution in [2.45, 2.75) is 4.90 Å². The average Bonchev–Trinajstić information content (AvgIpc) is 2.60. The predicted octanol–water partition coefficient (Wildman–Crippen LogP) is 3.37. The third kappa shape index (κ3) is 4.36. The number of carbonyl (C=O) groups is 1. The molecule has 0 radical (unpaired) electrons. The van der Waals surface area contributed by atoms with Gasteiger partial charge >= 0.3 is 5.97 Å². The van der Waals surface area contributed by atoms with Crippen LogP contribution in [-0.4, -0.2) is 35.2 Å². The lowest BCUT2D eigenvalue weighted by Gasteiger charge is -2.23. The van der Waals surface area contributed by atoms with Crippen molar-refractivity contribution < 1.29 is 22.7 Å². The van der Waals surface area contributed by atoms with E-state index in [9.17, 15) is 13.2 Å². The number of ether oxygens (including phenoxy) is 2. The number of hydrogen-bond donors (Lipinski definition) is 0. The van der Waals surface area contributed by atoms with E-state index in [1.165, 1.54) is 56.7 Å². The van der Waals surface area contributed by atoms with Crippen LogP contribution in [0.15, 0.2) is 47.4 Å². The SMILES string of the molecule is COC(=O)CN(c1ccc(Cl)cc1)S(=O)(=O)c1ccc(OC)c(Cl)c1. The van der Waals surface area contributed by atoms with Crippen molar-refractivity contribution in [3.63, 3.8) is 0 Å². The minimum Gasteiger partial charge on any atom is -0.495 e. The van der Waals surface area contributed by atoms with E-state index in [1.54, 1.807) is 0 Å². The van der Waals surface area contributed by atoms with E-state index in [2.05, 4.69) is 4.74 Å². The fourth-order valence-corrected chi connectivity index (χ4v) is 3.92. The van der Waals surface area contributed by atoms with Crippen LogP contribution in [0.2, 0.25) is 10.0 Å². The van der Waals surface area contributed by atoms with Gasteiger partial charge in [-0.25, -0.2) is 8.42 Å². The molecule has 0 aliphatic carbocycles. The summed E-state index contributed by atoms with van der Waals surface area (Å²) < 4.78 is 36.6. The lowest BCUT2D eigenvalue weighted by atomic mass is 10.3. The fraction of sp³-hybridized carbons (Fsp3) is 0.188. The lowest BCUT2D eigenvalue weighted by molar-refractivity contribution is -0.138. The molecule has 2 rings (SSSR count). The summed E-state index contributed by atoms with van der Waals surface area (Å²) in [4.78, 5) is 11.6. The molecule has 0 N–H and O–H groups in total. The highest BCUT2D eigenvalue weighted by molar-refractivity contribution is 7.92. The number of carbonyl (C=O) groups excluding carboxylic acids is 1. The molecule has 0 amide bonds. The Morgan fingerprint density at radius 3 is 2.24 bits per heavy atom. The van der Waals surface area contributed by atoms with Crippen LogP contribution in [0.1, 0.15) is 0 Å². The van der Waals surface area contributed by atoms with Gasteiger partial charge in [-0.1, -0.05) is 23.2 Å². The number of halogens is 2. The van der Waals surface area contributed by atoms with Crippen molar-refractivity contribution >= 4 is 44.9 Å². The highest BCUT2D eigenvalue weighted by atomic mass is 35.5. The highest BCUT2D eigenvalue weighted by Gasteiger charge is 2.28. The third-order valence-corrected chi connectivity index (χ3v) is 5.64. The van der Waals surface area contributed by atoms with Crippen LogP contribution in [0.5, 0.6) is 5.75 Å². The van der Waals surface area contributed by atoms with Gasteiger partial charge in [-0.05, 0) is 42.5 Å². The molecule has 0 aliphatic rings. The molecule has 134 valence electrons. The first-order valence-electron chi connectivity index (χ1n) is 6.98. The third-order valence-electron chi connectivity index (χ3n) is 3.33. The van der Waals surface area contributed by atoms with Gasteiger partial charge in [0.25, 0.3) is 10.0 Å². The number of rotatable bonds is 6.